The first-order valence-electron chi connectivity index (χ1n) is 5.56. The first-order chi connectivity index (χ1) is 8.59. The molecule has 0 heterocycles. The molecule has 0 aliphatic carbocycles. The van der Waals surface area contributed by atoms with Crippen LogP contribution in [0.15, 0.2) is 47.4 Å². The smallest absolute Gasteiger partial charge is 0.127 e. The third kappa shape index (κ3) is 2.59. The molecule has 18 heavy (non-hydrogen) atoms. The Hall–Kier alpha value is -1.68. The predicted octanol–water partition coefficient (Wildman–Crippen LogP) is 3.02. The monoisotopic (exact) mass is 263 g/mol. The summed E-state index contributed by atoms with van der Waals surface area (Å²) in [5.74, 6) is -0.163. The molecule has 2 aromatic carbocycles. The summed E-state index contributed by atoms with van der Waals surface area (Å²) in [7, 11) is -1.29. The van der Waals surface area contributed by atoms with Gasteiger partial charge in [0.1, 0.15) is 5.82 Å². The van der Waals surface area contributed by atoms with Gasteiger partial charge in [-0.05, 0) is 30.7 Å². The highest BCUT2D eigenvalue weighted by Crippen LogP contribution is 2.21. The van der Waals surface area contributed by atoms with E-state index in [1.54, 1.807) is 36.4 Å². The Balaban J connectivity index is 2.28. The van der Waals surface area contributed by atoms with Gasteiger partial charge >= 0.3 is 0 Å². The van der Waals surface area contributed by atoms with Gasteiger partial charge in [0.05, 0.1) is 16.6 Å². The highest BCUT2D eigenvalue weighted by molar-refractivity contribution is 7.84. The molecule has 2 aromatic rings. The fraction of sp³-hybridized carbons (Fsp3) is 0.143. The Labute approximate surface area is 108 Å². The van der Waals surface area contributed by atoms with E-state index in [9.17, 15) is 8.60 Å². The van der Waals surface area contributed by atoms with Crippen LogP contribution in [-0.4, -0.2) is 4.21 Å². The van der Waals surface area contributed by atoms with Crippen LogP contribution in [0, 0.1) is 12.7 Å². The van der Waals surface area contributed by atoms with E-state index in [2.05, 4.69) is 0 Å². The quantitative estimate of drug-likeness (QED) is 0.865. The Morgan fingerprint density at radius 1 is 1.17 bits per heavy atom. The van der Waals surface area contributed by atoms with E-state index in [0.717, 1.165) is 5.56 Å². The number of rotatable bonds is 3. The van der Waals surface area contributed by atoms with Crippen molar-refractivity contribution in [3.63, 3.8) is 0 Å². The fourth-order valence-corrected chi connectivity index (χ4v) is 3.07. The van der Waals surface area contributed by atoms with Crippen LogP contribution in [0.3, 0.4) is 0 Å². The normalized spacial score (nSPS) is 12.3. The molecule has 0 saturated heterocycles. The summed E-state index contributed by atoms with van der Waals surface area (Å²) in [6.45, 7) is 1.82. The first-order valence-corrected chi connectivity index (χ1v) is 6.88. The van der Waals surface area contributed by atoms with Crippen LogP contribution in [0.1, 0.15) is 11.1 Å². The van der Waals surface area contributed by atoms with Crippen LogP contribution in [-0.2, 0) is 16.6 Å². The van der Waals surface area contributed by atoms with Crippen molar-refractivity contribution in [1.82, 2.24) is 0 Å². The molecule has 0 aliphatic heterocycles. The van der Waals surface area contributed by atoms with Gasteiger partial charge in [0.25, 0.3) is 0 Å². The Kier molecular flexibility index (Phi) is 3.77. The largest absolute Gasteiger partial charge is 0.398 e. The van der Waals surface area contributed by atoms with Crippen molar-refractivity contribution in [2.45, 2.75) is 17.6 Å². The van der Waals surface area contributed by atoms with Crippen molar-refractivity contribution in [3.05, 3.63) is 59.4 Å². The van der Waals surface area contributed by atoms with Crippen molar-refractivity contribution < 1.29 is 8.60 Å². The van der Waals surface area contributed by atoms with Crippen LogP contribution in [0.4, 0.5) is 10.1 Å². The lowest BCUT2D eigenvalue weighted by atomic mass is 10.2. The summed E-state index contributed by atoms with van der Waals surface area (Å²) >= 11 is 0. The molecule has 0 saturated carbocycles. The van der Waals surface area contributed by atoms with Crippen molar-refractivity contribution >= 4 is 16.5 Å². The molecule has 0 aliphatic rings. The molecule has 0 spiro atoms. The molecule has 1 unspecified atom stereocenters. The average molecular weight is 263 g/mol. The second-order valence-electron chi connectivity index (χ2n) is 4.05. The van der Waals surface area contributed by atoms with Crippen LogP contribution < -0.4 is 5.73 Å². The summed E-state index contributed by atoms with van der Waals surface area (Å²) in [5.41, 5.74) is 7.63. The molecule has 94 valence electrons. The standard InChI is InChI=1S/C14H14FNOS/c1-10-13(16)7-4-8-14(10)18(17)9-11-5-2-3-6-12(11)15/h2-8H,9,16H2,1H3. The van der Waals surface area contributed by atoms with Crippen molar-refractivity contribution in [3.8, 4) is 0 Å². The molecule has 0 aromatic heterocycles. The van der Waals surface area contributed by atoms with E-state index < -0.39 is 10.8 Å². The maximum Gasteiger partial charge on any atom is 0.127 e. The Morgan fingerprint density at radius 2 is 1.89 bits per heavy atom. The zero-order valence-corrected chi connectivity index (χ0v) is 10.8. The lowest BCUT2D eigenvalue weighted by molar-refractivity contribution is 0.615. The molecule has 2 rings (SSSR count). The van der Waals surface area contributed by atoms with Crippen LogP contribution in [0.5, 0.6) is 0 Å². The van der Waals surface area contributed by atoms with E-state index in [1.807, 2.05) is 6.92 Å². The van der Waals surface area contributed by atoms with Crippen molar-refractivity contribution in [1.29, 1.82) is 0 Å². The lowest BCUT2D eigenvalue weighted by Gasteiger charge is -2.08. The minimum absolute atomic E-state index is 0.164. The zero-order valence-electron chi connectivity index (χ0n) is 10.0. The third-order valence-electron chi connectivity index (χ3n) is 2.82. The molecular formula is C14H14FNOS. The minimum atomic E-state index is -1.29. The highest BCUT2D eigenvalue weighted by Gasteiger charge is 2.11. The van der Waals surface area contributed by atoms with E-state index >= 15 is 0 Å². The van der Waals surface area contributed by atoms with Crippen molar-refractivity contribution in [2.24, 2.45) is 0 Å². The minimum Gasteiger partial charge on any atom is -0.398 e. The number of anilines is 1. The SMILES string of the molecule is Cc1c(N)cccc1S(=O)Cc1ccccc1F. The van der Waals surface area contributed by atoms with Gasteiger partial charge in [0.2, 0.25) is 0 Å². The average Bonchev–Trinajstić information content (AvgIpc) is 2.35. The molecular weight excluding hydrogens is 249 g/mol. The second kappa shape index (κ2) is 5.31. The molecule has 2 N–H and O–H groups in total. The van der Waals surface area contributed by atoms with E-state index in [0.29, 0.717) is 16.1 Å². The zero-order chi connectivity index (χ0) is 13.1. The Morgan fingerprint density at radius 3 is 2.61 bits per heavy atom. The molecule has 0 amide bonds. The number of nitrogens with two attached hydrogens (primary N) is 1. The summed E-state index contributed by atoms with van der Waals surface area (Å²) < 4.78 is 25.7. The number of hydrogen-bond acceptors (Lipinski definition) is 2. The molecule has 0 fully saturated rings. The molecule has 1 atom stereocenters. The first kappa shape index (κ1) is 12.8. The van der Waals surface area contributed by atoms with Gasteiger partial charge in [-0.15, -0.1) is 0 Å². The second-order valence-corrected chi connectivity index (χ2v) is 5.47. The van der Waals surface area contributed by atoms with Crippen LogP contribution in [0.25, 0.3) is 0 Å². The maximum atomic E-state index is 13.5. The number of hydrogen-bond donors (Lipinski definition) is 1. The molecule has 0 bridgehead atoms. The summed E-state index contributed by atoms with van der Waals surface area (Å²) in [6.07, 6.45) is 0. The third-order valence-corrected chi connectivity index (χ3v) is 4.32. The van der Waals surface area contributed by atoms with Gasteiger partial charge in [-0.25, -0.2) is 4.39 Å². The highest BCUT2D eigenvalue weighted by atomic mass is 32.2. The lowest BCUT2D eigenvalue weighted by Crippen LogP contribution is -2.02. The fourth-order valence-electron chi connectivity index (χ4n) is 1.71. The maximum absolute atomic E-state index is 13.5. The molecule has 0 radical (unpaired) electrons. The number of nitrogen functional groups attached to an aromatic ring is 1. The molecule has 2 nitrogen and oxygen atoms in total. The number of benzene rings is 2. The van der Waals surface area contributed by atoms with Gasteiger partial charge < -0.3 is 5.73 Å². The van der Waals surface area contributed by atoms with E-state index in [1.165, 1.54) is 6.07 Å². The number of halogens is 1. The van der Waals surface area contributed by atoms with Crippen LogP contribution in [0.2, 0.25) is 0 Å². The molecule has 4 heteroatoms. The summed E-state index contributed by atoms with van der Waals surface area (Å²) in [5, 5.41) is 0. The summed E-state index contributed by atoms with van der Waals surface area (Å²) in [4.78, 5) is 0.665. The van der Waals surface area contributed by atoms with Gasteiger partial charge in [-0.1, -0.05) is 24.3 Å². The predicted molar refractivity (Wildman–Crippen MR) is 72.1 cm³/mol. The van der Waals surface area contributed by atoms with Crippen molar-refractivity contribution in [2.75, 3.05) is 5.73 Å². The van der Waals surface area contributed by atoms with Crippen LogP contribution >= 0.6 is 0 Å². The summed E-state index contributed by atoms with van der Waals surface area (Å²) in [6, 6.07) is 11.7. The van der Waals surface area contributed by atoms with Gasteiger partial charge in [0.15, 0.2) is 0 Å². The topological polar surface area (TPSA) is 43.1 Å². The van der Waals surface area contributed by atoms with E-state index in [4.69, 9.17) is 5.73 Å². The van der Waals surface area contributed by atoms with E-state index in [-0.39, 0.29) is 11.6 Å². The Bertz CT molecular complexity index is 598. The van der Waals surface area contributed by atoms with Gasteiger partial charge in [-0.3, -0.25) is 4.21 Å². The van der Waals surface area contributed by atoms with Gasteiger partial charge in [0, 0.05) is 16.1 Å². The van der Waals surface area contributed by atoms with Gasteiger partial charge in [-0.2, -0.15) is 0 Å².